The van der Waals surface area contributed by atoms with Gasteiger partial charge in [0.1, 0.15) is 0 Å². The molecule has 5 heteroatoms. The number of aromatic nitrogens is 2. The maximum atomic E-state index is 5.61. The maximum Gasteiger partial charge on any atom is 0.193 e. The van der Waals surface area contributed by atoms with Crippen LogP contribution in [-0.4, -0.2) is 35.7 Å². The van der Waals surface area contributed by atoms with Crippen LogP contribution < -0.4 is 5.32 Å². The molecule has 2 aromatic rings. The zero-order valence-corrected chi connectivity index (χ0v) is 11.5. The molecule has 1 unspecified atom stereocenters. The number of thiazole rings is 1. The Morgan fingerprint density at radius 2 is 2.56 bits per heavy atom. The first-order valence-electron chi connectivity index (χ1n) is 6.51. The summed E-state index contributed by atoms with van der Waals surface area (Å²) >= 11 is 1.69. The molecule has 4 nitrogen and oxygen atoms in total. The van der Waals surface area contributed by atoms with E-state index in [9.17, 15) is 0 Å². The summed E-state index contributed by atoms with van der Waals surface area (Å²) in [4.78, 5) is 5.77. The molecule has 1 fully saturated rings. The Morgan fingerprint density at radius 1 is 1.61 bits per heavy atom. The minimum absolute atomic E-state index is 0.236. The quantitative estimate of drug-likeness (QED) is 0.898. The van der Waals surface area contributed by atoms with Crippen molar-refractivity contribution in [3.63, 3.8) is 0 Å². The van der Waals surface area contributed by atoms with Crippen LogP contribution in [0.25, 0.3) is 4.96 Å². The van der Waals surface area contributed by atoms with Crippen LogP contribution in [0.5, 0.6) is 0 Å². The van der Waals surface area contributed by atoms with Gasteiger partial charge in [0, 0.05) is 42.8 Å². The normalized spacial score (nSPS) is 24.1. The van der Waals surface area contributed by atoms with Crippen LogP contribution >= 0.6 is 11.3 Å². The first-order chi connectivity index (χ1) is 8.81. The predicted molar refractivity (Wildman–Crippen MR) is 73.2 cm³/mol. The Balaban J connectivity index is 1.77. The van der Waals surface area contributed by atoms with Crippen molar-refractivity contribution in [2.75, 3.05) is 26.3 Å². The molecule has 3 rings (SSSR count). The van der Waals surface area contributed by atoms with Crippen molar-refractivity contribution in [3.05, 3.63) is 23.5 Å². The van der Waals surface area contributed by atoms with Crippen molar-refractivity contribution >= 4 is 16.3 Å². The van der Waals surface area contributed by atoms with Gasteiger partial charge in [-0.3, -0.25) is 4.40 Å². The fourth-order valence-electron chi connectivity index (χ4n) is 2.63. The number of imidazole rings is 1. The van der Waals surface area contributed by atoms with Crippen LogP contribution in [0.3, 0.4) is 0 Å². The zero-order valence-electron chi connectivity index (χ0n) is 10.7. The third-order valence-electron chi connectivity index (χ3n) is 3.63. The number of ether oxygens (including phenoxy) is 1. The zero-order chi connectivity index (χ0) is 12.4. The Bertz CT molecular complexity index is 485. The predicted octanol–water partition coefficient (Wildman–Crippen LogP) is 1.95. The van der Waals surface area contributed by atoms with Crippen molar-refractivity contribution < 1.29 is 4.74 Å². The van der Waals surface area contributed by atoms with Crippen LogP contribution in [-0.2, 0) is 11.2 Å². The highest BCUT2D eigenvalue weighted by Crippen LogP contribution is 2.32. The number of hydrogen-bond acceptors (Lipinski definition) is 4. The van der Waals surface area contributed by atoms with E-state index in [1.165, 1.54) is 5.69 Å². The average Bonchev–Trinajstić information content (AvgIpc) is 3.03. The molecule has 1 atom stereocenters. The lowest BCUT2D eigenvalue weighted by Crippen LogP contribution is -2.36. The van der Waals surface area contributed by atoms with Gasteiger partial charge in [-0.1, -0.05) is 6.92 Å². The second-order valence-electron chi connectivity index (χ2n) is 5.08. The Hall–Kier alpha value is -0.910. The summed E-state index contributed by atoms with van der Waals surface area (Å²) in [7, 11) is 0. The number of nitrogens with zero attached hydrogens (tertiary/aromatic N) is 2. The van der Waals surface area contributed by atoms with E-state index in [4.69, 9.17) is 4.74 Å². The second-order valence-corrected chi connectivity index (χ2v) is 5.96. The molecule has 1 saturated heterocycles. The topological polar surface area (TPSA) is 38.6 Å². The maximum absolute atomic E-state index is 5.61. The first kappa shape index (κ1) is 12.1. The lowest BCUT2D eigenvalue weighted by molar-refractivity contribution is 0.149. The Morgan fingerprint density at radius 3 is 3.28 bits per heavy atom. The molecule has 0 amide bonds. The van der Waals surface area contributed by atoms with E-state index in [-0.39, 0.29) is 5.41 Å². The van der Waals surface area contributed by atoms with Gasteiger partial charge in [-0.25, -0.2) is 4.98 Å². The van der Waals surface area contributed by atoms with Crippen LogP contribution in [0.1, 0.15) is 19.0 Å². The van der Waals surface area contributed by atoms with Crippen LogP contribution in [0, 0.1) is 5.41 Å². The summed E-state index contributed by atoms with van der Waals surface area (Å²) in [6, 6.07) is 0. The molecule has 0 bridgehead atoms. The van der Waals surface area contributed by atoms with E-state index in [1.807, 2.05) is 0 Å². The van der Waals surface area contributed by atoms with E-state index in [1.54, 1.807) is 11.3 Å². The molecule has 1 aliphatic rings. The highest BCUT2D eigenvalue weighted by atomic mass is 32.1. The lowest BCUT2D eigenvalue weighted by Gasteiger charge is -2.26. The molecule has 2 aromatic heterocycles. The number of nitrogens with one attached hydrogen (secondary N) is 1. The van der Waals surface area contributed by atoms with Gasteiger partial charge in [-0.05, 0) is 13.0 Å². The highest BCUT2D eigenvalue weighted by molar-refractivity contribution is 7.15. The van der Waals surface area contributed by atoms with Crippen molar-refractivity contribution in [3.8, 4) is 0 Å². The third kappa shape index (κ3) is 2.30. The van der Waals surface area contributed by atoms with Gasteiger partial charge in [0.05, 0.1) is 12.3 Å². The van der Waals surface area contributed by atoms with Gasteiger partial charge >= 0.3 is 0 Å². The van der Waals surface area contributed by atoms with Crippen molar-refractivity contribution in [2.24, 2.45) is 5.41 Å². The molecule has 0 saturated carbocycles. The smallest absolute Gasteiger partial charge is 0.193 e. The molecule has 3 heterocycles. The summed E-state index contributed by atoms with van der Waals surface area (Å²) in [6.45, 7) is 5.92. The molecule has 0 aromatic carbocycles. The largest absolute Gasteiger partial charge is 0.381 e. The fraction of sp³-hybridized carbons (Fsp3) is 0.615. The second kappa shape index (κ2) is 4.99. The average molecular weight is 265 g/mol. The third-order valence-corrected chi connectivity index (χ3v) is 4.40. The van der Waals surface area contributed by atoms with E-state index in [0.29, 0.717) is 0 Å². The van der Waals surface area contributed by atoms with E-state index in [2.05, 4.69) is 39.4 Å². The monoisotopic (exact) mass is 265 g/mol. The summed E-state index contributed by atoms with van der Waals surface area (Å²) in [5.41, 5.74) is 1.42. The fourth-order valence-corrected chi connectivity index (χ4v) is 3.35. The van der Waals surface area contributed by atoms with E-state index >= 15 is 0 Å². The standard InChI is InChI=1S/C13H19N3OS/c1-2-14-9-13(3-5-17-10-13)7-11-8-16-4-6-18-12(16)15-11/h4,6,8,14H,2-3,5,7,9-10H2,1H3. The van der Waals surface area contributed by atoms with Crippen LogP contribution in [0.2, 0.25) is 0 Å². The summed E-state index contributed by atoms with van der Waals surface area (Å²) in [5, 5.41) is 5.54. The first-order valence-corrected chi connectivity index (χ1v) is 7.39. The molecule has 0 spiro atoms. The molecule has 18 heavy (non-hydrogen) atoms. The number of hydrogen-bond donors (Lipinski definition) is 1. The Labute approximate surface area is 111 Å². The van der Waals surface area contributed by atoms with Gasteiger partial charge < -0.3 is 10.1 Å². The van der Waals surface area contributed by atoms with Crippen molar-refractivity contribution in [2.45, 2.75) is 19.8 Å². The van der Waals surface area contributed by atoms with Crippen molar-refractivity contribution in [1.82, 2.24) is 14.7 Å². The Kier molecular flexibility index (Phi) is 3.37. The molecule has 1 N–H and O–H groups in total. The minimum Gasteiger partial charge on any atom is -0.381 e. The molecular weight excluding hydrogens is 246 g/mol. The molecular formula is C13H19N3OS. The molecule has 0 aliphatic carbocycles. The van der Waals surface area contributed by atoms with E-state index < -0.39 is 0 Å². The summed E-state index contributed by atoms with van der Waals surface area (Å²) in [5.74, 6) is 0. The van der Waals surface area contributed by atoms with Crippen molar-refractivity contribution in [1.29, 1.82) is 0 Å². The van der Waals surface area contributed by atoms with Crippen LogP contribution in [0.4, 0.5) is 0 Å². The van der Waals surface area contributed by atoms with Gasteiger partial charge in [0.25, 0.3) is 0 Å². The van der Waals surface area contributed by atoms with Gasteiger partial charge in [-0.2, -0.15) is 0 Å². The number of rotatable bonds is 5. The summed E-state index contributed by atoms with van der Waals surface area (Å²) in [6.07, 6.45) is 6.36. The lowest BCUT2D eigenvalue weighted by atomic mass is 9.82. The number of fused-ring (bicyclic) bond motifs is 1. The van der Waals surface area contributed by atoms with E-state index in [0.717, 1.165) is 44.1 Å². The summed E-state index contributed by atoms with van der Waals surface area (Å²) < 4.78 is 7.72. The minimum atomic E-state index is 0.236. The molecule has 1 aliphatic heterocycles. The molecule has 98 valence electrons. The highest BCUT2D eigenvalue weighted by Gasteiger charge is 2.35. The molecule has 0 radical (unpaired) electrons. The van der Waals surface area contributed by atoms with Gasteiger partial charge in [-0.15, -0.1) is 11.3 Å². The van der Waals surface area contributed by atoms with Gasteiger partial charge in [0.15, 0.2) is 4.96 Å². The van der Waals surface area contributed by atoms with Gasteiger partial charge in [0.2, 0.25) is 0 Å². The SMILES string of the molecule is CCNCC1(Cc2cn3ccsc3n2)CCOC1. The van der Waals surface area contributed by atoms with Crippen LogP contribution in [0.15, 0.2) is 17.8 Å².